The minimum absolute atomic E-state index is 0.246. The monoisotopic (exact) mass is 420 g/mol. The molecule has 0 radical (unpaired) electrons. The molecule has 31 heavy (non-hydrogen) atoms. The molecule has 164 valence electrons. The second-order valence-corrected chi connectivity index (χ2v) is 8.00. The largest absolute Gasteiger partial charge is 0.495 e. The van der Waals surface area contributed by atoms with Crippen molar-refractivity contribution < 1.29 is 4.74 Å². The normalized spacial score (nSPS) is 15.7. The van der Waals surface area contributed by atoms with Crippen molar-refractivity contribution >= 4 is 5.69 Å². The Morgan fingerprint density at radius 2 is 1.71 bits per heavy atom. The van der Waals surface area contributed by atoms with Crippen molar-refractivity contribution in [3.8, 4) is 5.75 Å². The quantitative estimate of drug-likeness (QED) is 0.527. The van der Waals surface area contributed by atoms with Crippen molar-refractivity contribution in [3.63, 3.8) is 0 Å². The number of nitrogens with zero attached hydrogens (tertiary/aromatic N) is 6. The number of tetrazole rings is 1. The molecule has 1 atom stereocenters. The lowest BCUT2D eigenvalue weighted by molar-refractivity contribution is 0.163. The van der Waals surface area contributed by atoms with Crippen LogP contribution in [-0.4, -0.2) is 58.4 Å². The number of anilines is 1. The zero-order chi connectivity index (χ0) is 21.5. The van der Waals surface area contributed by atoms with E-state index in [2.05, 4.69) is 68.6 Å². The van der Waals surface area contributed by atoms with Gasteiger partial charge in [-0.05, 0) is 41.0 Å². The molecule has 1 aromatic heterocycles. The maximum Gasteiger partial charge on any atom is 0.168 e. The predicted octanol–water partition coefficient (Wildman–Crippen LogP) is 3.59. The van der Waals surface area contributed by atoms with Gasteiger partial charge in [0.1, 0.15) is 5.75 Å². The van der Waals surface area contributed by atoms with E-state index in [1.54, 1.807) is 7.11 Å². The average molecular weight is 421 g/mol. The maximum atomic E-state index is 5.56. The molecule has 1 aliphatic heterocycles. The molecule has 0 aliphatic carbocycles. The first-order valence-electron chi connectivity index (χ1n) is 11.2. The Balaban J connectivity index is 1.44. The van der Waals surface area contributed by atoms with Gasteiger partial charge in [0.15, 0.2) is 5.82 Å². The van der Waals surface area contributed by atoms with Crippen LogP contribution in [0, 0.1) is 0 Å². The number of hydrogen-bond donors (Lipinski definition) is 0. The molecule has 4 rings (SSSR count). The van der Waals surface area contributed by atoms with Crippen LogP contribution in [0.5, 0.6) is 5.75 Å². The molecule has 7 nitrogen and oxygen atoms in total. The van der Waals surface area contributed by atoms with Crippen molar-refractivity contribution in [2.24, 2.45) is 0 Å². The molecule has 0 N–H and O–H groups in total. The SMILES string of the molecule is CCC[C@@H](c1nnnn1CCc1ccccc1)N1CCN(c2ccccc2OC)CC1. The Kier molecular flexibility index (Phi) is 7.14. The Bertz CT molecular complexity index is 936. The van der Waals surface area contributed by atoms with Crippen molar-refractivity contribution in [1.82, 2.24) is 25.1 Å². The summed E-state index contributed by atoms with van der Waals surface area (Å²) in [6.07, 6.45) is 3.09. The van der Waals surface area contributed by atoms with Crippen LogP contribution in [-0.2, 0) is 13.0 Å². The molecule has 0 unspecified atom stereocenters. The van der Waals surface area contributed by atoms with Crippen molar-refractivity contribution in [1.29, 1.82) is 0 Å². The smallest absolute Gasteiger partial charge is 0.168 e. The van der Waals surface area contributed by atoms with E-state index < -0.39 is 0 Å². The zero-order valence-electron chi connectivity index (χ0n) is 18.5. The van der Waals surface area contributed by atoms with Crippen LogP contribution in [0.2, 0.25) is 0 Å². The summed E-state index contributed by atoms with van der Waals surface area (Å²) >= 11 is 0. The van der Waals surface area contributed by atoms with E-state index in [9.17, 15) is 0 Å². The number of aryl methyl sites for hydroxylation is 2. The van der Waals surface area contributed by atoms with E-state index in [1.807, 2.05) is 22.9 Å². The second kappa shape index (κ2) is 10.4. The van der Waals surface area contributed by atoms with Gasteiger partial charge in [-0.25, -0.2) is 4.68 Å². The number of piperazine rings is 1. The Morgan fingerprint density at radius 1 is 0.968 bits per heavy atom. The van der Waals surface area contributed by atoms with E-state index >= 15 is 0 Å². The maximum absolute atomic E-state index is 5.56. The highest BCUT2D eigenvalue weighted by molar-refractivity contribution is 5.58. The Morgan fingerprint density at radius 3 is 2.45 bits per heavy atom. The summed E-state index contributed by atoms with van der Waals surface area (Å²) in [5, 5.41) is 12.8. The minimum atomic E-state index is 0.246. The first-order chi connectivity index (χ1) is 15.3. The van der Waals surface area contributed by atoms with Gasteiger partial charge >= 0.3 is 0 Å². The summed E-state index contributed by atoms with van der Waals surface area (Å²) in [5.74, 6) is 1.93. The van der Waals surface area contributed by atoms with E-state index in [4.69, 9.17) is 4.74 Å². The van der Waals surface area contributed by atoms with Crippen LogP contribution in [0.3, 0.4) is 0 Å². The molecule has 0 spiro atoms. The molecule has 0 saturated carbocycles. The van der Waals surface area contributed by atoms with Gasteiger partial charge in [-0.15, -0.1) is 5.10 Å². The molecule has 1 aliphatic rings. The first kappa shape index (κ1) is 21.3. The van der Waals surface area contributed by atoms with Gasteiger partial charge in [-0.2, -0.15) is 0 Å². The second-order valence-electron chi connectivity index (χ2n) is 8.00. The highest BCUT2D eigenvalue weighted by Gasteiger charge is 2.29. The molecule has 1 saturated heterocycles. The summed E-state index contributed by atoms with van der Waals surface area (Å²) in [6.45, 7) is 6.92. The summed E-state index contributed by atoms with van der Waals surface area (Å²) in [6, 6.07) is 19.0. The van der Waals surface area contributed by atoms with Crippen molar-refractivity contribution in [2.45, 2.75) is 38.8 Å². The molecule has 0 bridgehead atoms. The van der Waals surface area contributed by atoms with Gasteiger partial charge in [0.2, 0.25) is 0 Å². The molecule has 1 fully saturated rings. The molecule has 0 amide bonds. The van der Waals surface area contributed by atoms with Crippen LogP contribution >= 0.6 is 0 Å². The first-order valence-corrected chi connectivity index (χ1v) is 11.2. The number of ether oxygens (including phenoxy) is 1. The van der Waals surface area contributed by atoms with Crippen LogP contribution < -0.4 is 9.64 Å². The lowest BCUT2D eigenvalue weighted by atomic mass is 10.1. The fraction of sp³-hybridized carbons (Fsp3) is 0.458. The molecule has 2 aromatic carbocycles. The van der Waals surface area contributed by atoms with Crippen molar-refractivity contribution in [3.05, 3.63) is 66.0 Å². The standard InChI is InChI=1S/C24H32N6O/c1-3-9-22(24-25-26-27-30(24)15-14-20-10-5-4-6-11-20)29-18-16-28(17-19-29)21-12-7-8-13-23(21)31-2/h4-8,10-13,22H,3,9,14-19H2,1-2H3/t22-/m0/s1. The summed E-state index contributed by atoms with van der Waals surface area (Å²) < 4.78 is 7.56. The number of methoxy groups -OCH3 is 1. The topological polar surface area (TPSA) is 59.3 Å². The predicted molar refractivity (Wildman–Crippen MR) is 122 cm³/mol. The number of benzene rings is 2. The fourth-order valence-corrected chi connectivity index (χ4v) is 4.40. The van der Waals surface area contributed by atoms with E-state index in [0.29, 0.717) is 0 Å². The average Bonchev–Trinajstić information content (AvgIpc) is 3.30. The van der Waals surface area contributed by atoms with E-state index in [-0.39, 0.29) is 6.04 Å². The van der Waals surface area contributed by atoms with Gasteiger partial charge in [0.25, 0.3) is 0 Å². The van der Waals surface area contributed by atoms with Crippen molar-refractivity contribution in [2.75, 3.05) is 38.2 Å². The van der Waals surface area contributed by atoms with Crippen LogP contribution in [0.15, 0.2) is 54.6 Å². The lowest BCUT2D eigenvalue weighted by Crippen LogP contribution is -2.48. The highest BCUT2D eigenvalue weighted by Crippen LogP contribution is 2.31. The molecule has 3 aromatic rings. The third-order valence-electron chi connectivity index (χ3n) is 6.06. The van der Waals surface area contributed by atoms with Crippen LogP contribution in [0.25, 0.3) is 0 Å². The third kappa shape index (κ3) is 5.05. The number of para-hydroxylation sites is 2. The molecule has 2 heterocycles. The highest BCUT2D eigenvalue weighted by atomic mass is 16.5. The Hall–Kier alpha value is -2.93. The fourth-order valence-electron chi connectivity index (χ4n) is 4.40. The zero-order valence-corrected chi connectivity index (χ0v) is 18.5. The molecule has 7 heteroatoms. The number of hydrogen-bond acceptors (Lipinski definition) is 6. The van der Waals surface area contributed by atoms with Crippen LogP contribution in [0.4, 0.5) is 5.69 Å². The van der Waals surface area contributed by atoms with E-state index in [1.165, 1.54) is 11.3 Å². The number of aromatic nitrogens is 4. The summed E-state index contributed by atoms with van der Waals surface area (Å²) in [5.41, 5.74) is 2.48. The van der Waals surface area contributed by atoms with Gasteiger partial charge < -0.3 is 9.64 Å². The van der Waals surface area contributed by atoms with Gasteiger partial charge in [-0.3, -0.25) is 4.90 Å². The van der Waals surface area contributed by atoms with Gasteiger partial charge in [0, 0.05) is 32.7 Å². The third-order valence-corrected chi connectivity index (χ3v) is 6.06. The molecular formula is C24H32N6O. The van der Waals surface area contributed by atoms with Crippen LogP contribution in [0.1, 0.15) is 37.2 Å². The summed E-state index contributed by atoms with van der Waals surface area (Å²) in [4.78, 5) is 4.96. The number of rotatable bonds is 9. The lowest BCUT2D eigenvalue weighted by Gasteiger charge is -2.40. The summed E-state index contributed by atoms with van der Waals surface area (Å²) in [7, 11) is 1.74. The van der Waals surface area contributed by atoms with Gasteiger partial charge in [-0.1, -0.05) is 55.8 Å². The minimum Gasteiger partial charge on any atom is -0.495 e. The van der Waals surface area contributed by atoms with E-state index in [0.717, 1.165) is 63.6 Å². The molecular weight excluding hydrogens is 388 g/mol. The Labute approximate surface area is 184 Å². The van der Waals surface area contributed by atoms with Gasteiger partial charge in [0.05, 0.1) is 18.8 Å².